The fourth-order valence-corrected chi connectivity index (χ4v) is 4.39. The number of nitrogens with one attached hydrogen (secondary N) is 2. The van der Waals surface area contributed by atoms with Crippen LogP contribution in [0.1, 0.15) is 66.7 Å². The molecule has 0 aromatic carbocycles. The molecule has 0 fully saturated rings. The lowest BCUT2D eigenvalue weighted by atomic mass is 10.1. The summed E-state index contributed by atoms with van der Waals surface area (Å²) in [4.78, 5) is 35.4. The van der Waals surface area contributed by atoms with Crippen molar-refractivity contribution in [2.75, 3.05) is 23.5 Å². The second kappa shape index (κ2) is 18.7. The molecule has 0 aromatic rings. The minimum absolute atomic E-state index is 0.267. The van der Waals surface area contributed by atoms with Crippen molar-refractivity contribution < 1.29 is 19.5 Å². The molecular formula is C25H42N2O4S2. The van der Waals surface area contributed by atoms with Crippen molar-refractivity contribution in [3.05, 3.63) is 34.9 Å². The third-order valence-electron chi connectivity index (χ3n) is 4.88. The van der Waals surface area contributed by atoms with E-state index in [0.717, 1.165) is 25.7 Å². The van der Waals surface area contributed by atoms with Gasteiger partial charge in [0, 0.05) is 18.4 Å². The number of carboxylic acid groups (broad SMARTS) is 1. The number of thioether (sulfide) groups is 2. The maximum atomic E-state index is 12.5. The van der Waals surface area contributed by atoms with E-state index < -0.39 is 24.0 Å². The zero-order chi connectivity index (χ0) is 25.2. The molecule has 3 N–H and O–H groups in total. The van der Waals surface area contributed by atoms with Crippen molar-refractivity contribution >= 4 is 41.3 Å². The average Bonchev–Trinajstić information content (AvgIpc) is 2.72. The molecule has 188 valence electrons. The van der Waals surface area contributed by atoms with E-state index in [2.05, 4.69) is 56.6 Å². The van der Waals surface area contributed by atoms with Crippen LogP contribution in [-0.4, -0.2) is 58.5 Å². The summed E-state index contributed by atoms with van der Waals surface area (Å²) in [5, 5.41) is 14.7. The number of allylic oxidation sites excluding steroid dienone is 5. The molecule has 0 radical (unpaired) electrons. The normalized spacial score (nSPS) is 13.8. The van der Waals surface area contributed by atoms with E-state index in [1.54, 1.807) is 11.8 Å². The van der Waals surface area contributed by atoms with Gasteiger partial charge in [-0.1, -0.05) is 34.9 Å². The highest BCUT2D eigenvalue weighted by molar-refractivity contribution is 7.99. The van der Waals surface area contributed by atoms with Crippen LogP contribution in [0.2, 0.25) is 0 Å². The summed E-state index contributed by atoms with van der Waals surface area (Å²) in [6.07, 6.45) is 13.2. The zero-order valence-corrected chi connectivity index (χ0v) is 22.7. The summed E-state index contributed by atoms with van der Waals surface area (Å²) >= 11 is 3.04. The number of rotatable bonds is 17. The molecule has 6 nitrogen and oxygen atoms in total. The summed E-state index contributed by atoms with van der Waals surface area (Å²) in [6, 6.07) is -1.71. The molecule has 0 aliphatic carbocycles. The van der Waals surface area contributed by atoms with Crippen LogP contribution in [0.15, 0.2) is 34.9 Å². The predicted molar refractivity (Wildman–Crippen MR) is 143 cm³/mol. The van der Waals surface area contributed by atoms with E-state index in [-0.39, 0.29) is 11.7 Å². The topological polar surface area (TPSA) is 95.5 Å². The van der Waals surface area contributed by atoms with E-state index in [9.17, 15) is 19.5 Å². The minimum atomic E-state index is -1.07. The SMILES string of the molecule is CSCCC(NC(C)=O)C(=O)NC(CSC/C=C(\C)CC/C=C(\C)CCC=C(C)C)C(=O)O. The Morgan fingerprint density at radius 1 is 0.879 bits per heavy atom. The molecule has 2 atom stereocenters. The molecule has 0 rings (SSSR count). The highest BCUT2D eigenvalue weighted by atomic mass is 32.2. The number of carbonyl (C=O) groups is 3. The third kappa shape index (κ3) is 17.5. The Bertz CT molecular complexity index is 713. The van der Waals surface area contributed by atoms with E-state index in [1.807, 2.05) is 6.26 Å². The number of aliphatic carboxylic acids is 1. The van der Waals surface area contributed by atoms with Gasteiger partial charge in [0.15, 0.2) is 0 Å². The van der Waals surface area contributed by atoms with Crippen molar-refractivity contribution in [1.29, 1.82) is 0 Å². The Labute approximate surface area is 208 Å². The van der Waals surface area contributed by atoms with Gasteiger partial charge in [0.25, 0.3) is 0 Å². The van der Waals surface area contributed by atoms with Gasteiger partial charge >= 0.3 is 5.97 Å². The highest BCUT2D eigenvalue weighted by Gasteiger charge is 2.25. The van der Waals surface area contributed by atoms with Crippen molar-refractivity contribution in [1.82, 2.24) is 10.6 Å². The molecule has 0 saturated carbocycles. The molecule has 0 bridgehead atoms. The Balaban J connectivity index is 4.51. The van der Waals surface area contributed by atoms with Gasteiger partial charge in [-0.2, -0.15) is 23.5 Å². The Hall–Kier alpha value is -1.67. The van der Waals surface area contributed by atoms with Crippen molar-refractivity contribution in [3.63, 3.8) is 0 Å². The van der Waals surface area contributed by atoms with Crippen LogP contribution in [-0.2, 0) is 14.4 Å². The molecule has 2 unspecified atom stereocenters. The second-order valence-corrected chi connectivity index (χ2v) is 10.5. The first-order valence-electron chi connectivity index (χ1n) is 11.4. The molecule has 0 aromatic heterocycles. The summed E-state index contributed by atoms with van der Waals surface area (Å²) in [7, 11) is 0. The van der Waals surface area contributed by atoms with Crippen LogP contribution < -0.4 is 10.6 Å². The van der Waals surface area contributed by atoms with Crippen LogP contribution in [0.5, 0.6) is 0 Å². The Kier molecular flexibility index (Phi) is 17.8. The molecule has 0 aliphatic heterocycles. The smallest absolute Gasteiger partial charge is 0.327 e. The minimum Gasteiger partial charge on any atom is -0.480 e. The maximum Gasteiger partial charge on any atom is 0.327 e. The van der Waals surface area contributed by atoms with Gasteiger partial charge in [0.05, 0.1) is 0 Å². The Morgan fingerprint density at radius 2 is 1.48 bits per heavy atom. The highest BCUT2D eigenvalue weighted by Crippen LogP contribution is 2.13. The van der Waals surface area contributed by atoms with Gasteiger partial charge < -0.3 is 15.7 Å². The van der Waals surface area contributed by atoms with Gasteiger partial charge in [-0.05, 0) is 71.8 Å². The lowest BCUT2D eigenvalue weighted by Crippen LogP contribution is -2.52. The van der Waals surface area contributed by atoms with E-state index in [0.29, 0.717) is 17.9 Å². The van der Waals surface area contributed by atoms with Gasteiger partial charge in [0.1, 0.15) is 12.1 Å². The van der Waals surface area contributed by atoms with Gasteiger partial charge in [-0.3, -0.25) is 9.59 Å². The first kappa shape index (κ1) is 31.3. The van der Waals surface area contributed by atoms with Gasteiger partial charge in [-0.25, -0.2) is 4.79 Å². The van der Waals surface area contributed by atoms with Crippen molar-refractivity contribution in [2.24, 2.45) is 0 Å². The molecule has 0 saturated heterocycles. The van der Waals surface area contributed by atoms with E-state index >= 15 is 0 Å². The second-order valence-electron chi connectivity index (χ2n) is 8.43. The average molecular weight is 499 g/mol. The van der Waals surface area contributed by atoms with Crippen LogP contribution in [0, 0.1) is 0 Å². The molecule has 33 heavy (non-hydrogen) atoms. The van der Waals surface area contributed by atoms with Crippen LogP contribution in [0.3, 0.4) is 0 Å². The molecule has 0 heterocycles. The number of hydrogen-bond donors (Lipinski definition) is 3. The number of hydrogen-bond acceptors (Lipinski definition) is 5. The largest absolute Gasteiger partial charge is 0.480 e. The number of carboxylic acids is 1. The lowest BCUT2D eigenvalue weighted by molar-refractivity contribution is -0.141. The number of amides is 2. The van der Waals surface area contributed by atoms with E-state index in [1.165, 1.54) is 35.4 Å². The predicted octanol–water partition coefficient (Wildman–Crippen LogP) is 4.97. The summed E-state index contributed by atoms with van der Waals surface area (Å²) in [5.74, 6) is -0.183. The molecule has 0 aliphatic rings. The van der Waals surface area contributed by atoms with Gasteiger partial charge in [0.2, 0.25) is 11.8 Å². The summed E-state index contributed by atoms with van der Waals surface area (Å²) < 4.78 is 0. The standard InChI is InChI=1S/C25H42N2O4S2/c1-18(2)9-7-10-19(3)11-8-12-20(4)13-16-33-17-23(25(30)31)27-24(29)22(14-15-32-6)26-21(5)28/h9,11,13,22-23H,7-8,10,12,14-17H2,1-6H3,(H,26,28)(H,27,29)(H,30,31)/b19-11+,20-13+. The lowest BCUT2D eigenvalue weighted by Gasteiger charge is -2.20. The van der Waals surface area contributed by atoms with Crippen molar-refractivity contribution in [3.8, 4) is 0 Å². The summed E-state index contributed by atoms with van der Waals surface area (Å²) in [5.41, 5.74) is 4.03. The maximum absolute atomic E-state index is 12.5. The quantitative estimate of drug-likeness (QED) is 0.194. The van der Waals surface area contributed by atoms with E-state index in [4.69, 9.17) is 0 Å². The Morgan fingerprint density at radius 3 is 2.03 bits per heavy atom. The zero-order valence-electron chi connectivity index (χ0n) is 21.0. The first-order valence-corrected chi connectivity index (χ1v) is 13.9. The number of carbonyl (C=O) groups excluding carboxylic acids is 2. The van der Waals surface area contributed by atoms with Crippen LogP contribution >= 0.6 is 23.5 Å². The molecule has 0 spiro atoms. The van der Waals surface area contributed by atoms with Crippen LogP contribution in [0.4, 0.5) is 0 Å². The monoisotopic (exact) mass is 498 g/mol. The molecule has 2 amide bonds. The fraction of sp³-hybridized carbons (Fsp3) is 0.640. The molecule has 8 heteroatoms. The van der Waals surface area contributed by atoms with Crippen molar-refractivity contribution in [2.45, 2.75) is 78.8 Å². The fourth-order valence-electron chi connectivity index (χ4n) is 2.92. The third-order valence-corrected chi connectivity index (χ3v) is 6.49. The molecular weight excluding hydrogens is 456 g/mol. The van der Waals surface area contributed by atoms with Gasteiger partial charge in [-0.15, -0.1) is 0 Å². The van der Waals surface area contributed by atoms with Crippen LogP contribution in [0.25, 0.3) is 0 Å². The summed E-state index contributed by atoms with van der Waals surface area (Å²) in [6.45, 7) is 9.85. The first-order chi connectivity index (χ1) is 15.6.